The van der Waals surface area contributed by atoms with Gasteiger partial charge in [-0.3, -0.25) is 0 Å². The molecule has 4 aromatic rings. The predicted octanol–water partition coefficient (Wildman–Crippen LogP) is 9.58. The highest BCUT2D eigenvalue weighted by atomic mass is 32.1. The van der Waals surface area contributed by atoms with Crippen molar-refractivity contribution in [1.82, 2.24) is 9.97 Å². The van der Waals surface area contributed by atoms with Gasteiger partial charge in [0, 0.05) is 29.3 Å². The Morgan fingerprint density at radius 1 is 0.822 bits per heavy atom. The molecule has 234 valence electrons. The summed E-state index contributed by atoms with van der Waals surface area (Å²) in [6.07, 6.45) is 13.6. The van der Waals surface area contributed by atoms with Crippen molar-refractivity contribution in [1.29, 1.82) is 5.26 Å². The fraction of sp³-hybridized carbons (Fsp3) is 0.333. The maximum absolute atomic E-state index is 11.2. The first kappa shape index (κ1) is 33.2. The lowest BCUT2D eigenvalue weighted by Crippen LogP contribution is -2.08. The summed E-state index contributed by atoms with van der Waals surface area (Å²) in [4.78, 5) is 23.1. The van der Waals surface area contributed by atoms with Crippen LogP contribution >= 0.6 is 11.3 Å². The fourth-order valence-electron chi connectivity index (χ4n) is 4.64. The van der Waals surface area contributed by atoms with Crippen LogP contribution in [-0.4, -0.2) is 34.3 Å². The molecule has 0 radical (unpaired) electrons. The van der Waals surface area contributed by atoms with E-state index in [0.29, 0.717) is 24.6 Å². The molecule has 0 spiro atoms. The second-order valence-electron chi connectivity index (χ2n) is 10.6. The fourth-order valence-corrected chi connectivity index (χ4v) is 5.64. The smallest absolute Gasteiger partial charge is 0.346 e. The Morgan fingerprint density at radius 2 is 1.36 bits per heavy atom. The largest absolute Gasteiger partial charge is 0.494 e. The van der Waals surface area contributed by atoms with E-state index in [1.165, 1.54) is 57.0 Å². The van der Waals surface area contributed by atoms with Gasteiger partial charge in [0.15, 0.2) is 5.82 Å². The minimum absolute atomic E-state index is 0.374. The first-order valence-electron chi connectivity index (χ1n) is 15.6. The van der Waals surface area contributed by atoms with E-state index in [4.69, 9.17) is 19.8 Å². The molecule has 4 rings (SSSR count). The van der Waals surface area contributed by atoms with Crippen LogP contribution in [0.4, 0.5) is 16.4 Å². The lowest BCUT2D eigenvalue weighted by Gasteiger charge is -2.24. The van der Waals surface area contributed by atoms with Gasteiger partial charge in [0.05, 0.1) is 18.1 Å². The molecule has 9 heteroatoms. The second-order valence-corrected chi connectivity index (χ2v) is 11.7. The molecule has 2 heterocycles. The van der Waals surface area contributed by atoms with E-state index in [1.807, 2.05) is 36.4 Å². The van der Waals surface area contributed by atoms with E-state index in [9.17, 15) is 4.79 Å². The van der Waals surface area contributed by atoms with E-state index in [1.54, 1.807) is 17.4 Å². The van der Waals surface area contributed by atoms with Crippen LogP contribution in [0.5, 0.6) is 11.5 Å². The van der Waals surface area contributed by atoms with E-state index in [0.717, 1.165) is 45.6 Å². The van der Waals surface area contributed by atoms with E-state index in [2.05, 4.69) is 53.0 Å². The van der Waals surface area contributed by atoms with Crippen LogP contribution in [0, 0.1) is 11.3 Å². The van der Waals surface area contributed by atoms with Crippen LogP contribution in [0.25, 0.3) is 16.8 Å². The maximum Gasteiger partial charge on any atom is 0.346 e. The molecule has 0 amide bonds. The lowest BCUT2D eigenvalue weighted by atomic mass is 10.2. The van der Waals surface area contributed by atoms with Gasteiger partial charge in [-0.1, -0.05) is 52.4 Å². The van der Waals surface area contributed by atoms with Gasteiger partial charge >= 0.3 is 5.97 Å². The Balaban J connectivity index is 1.56. The van der Waals surface area contributed by atoms with Gasteiger partial charge in [-0.05, 0) is 79.6 Å². The summed E-state index contributed by atoms with van der Waals surface area (Å²) in [5.74, 6) is 0.913. The third-order valence-corrected chi connectivity index (χ3v) is 8.16. The van der Waals surface area contributed by atoms with Gasteiger partial charge in [0.2, 0.25) is 0 Å². The molecule has 45 heavy (non-hydrogen) atoms. The number of benzene rings is 2. The molecule has 0 atom stereocenters. The summed E-state index contributed by atoms with van der Waals surface area (Å²) in [5, 5.41) is 19.1. The third-order valence-electron chi connectivity index (χ3n) is 7.09. The average Bonchev–Trinajstić information content (AvgIpc) is 3.55. The number of anilines is 3. The van der Waals surface area contributed by atoms with Gasteiger partial charge in [-0.25, -0.2) is 14.8 Å². The minimum atomic E-state index is -1.29. The Labute approximate surface area is 269 Å². The number of carboxylic acid groups (broad SMARTS) is 1. The number of nitriles is 1. The maximum atomic E-state index is 11.2. The molecule has 1 N–H and O–H groups in total. The monoisotopic (exact) mass is 624 g/mol. The molecule has 0 saturated heterocycles. The molecule has 0 aliphatic rings. The summed E-state index contributed by atoms with van der Waals surface area (Å²) >= 11 is 1.54. The van der Waals surface area contributed by atoms with Crippen molar-refractivity contribution in [3.63, 3.8) is 0 Å². The Kier molecular flexibility index (Phi) is 13.0. The van der Waals surface area contributed by atoms with E-state index < -0.39 is 5.97 Å². The van der Waals surface area contributed by atoms with Gasteiger partial charge in [0.1, 0.15) is 28.1 Å². The molecular weight excluding hydrogens is 584 g/mol. The molecule has 0 fully saturated rings. The first-order valence-corrected chi connectivity index (χ1v) is 16.4. The third kappa shape index (κ3) is 9.91. The number of unbranched alkanes of at least 4 members (excludes halogenated alkanes) is 6. The van der Waals surface area contributed by atoms with Crippen molar-refractivity contribution < 1.29 is 19.4 Å². The SMILES string of the molecule is CCCCCCOc1ccc(N(c2ccc(OCCCCCC)cc2)c2ccc(-c3ncc(/C=C(/C#N)C(=O)O)cn3)s2)cc1. The van der Waals surface area contributed by atoms with Crippen LogP contribution < -0.4 is 14.4 Å². The molecule has 0 saturated carbocycles. The number of aliphatic carboxylic acids is 1. The topological polar surface area (TPSA) is 109 Å². The number of hydrogen-bond donors (Lipinski definition) is 1. The van der Waals surface area contributed by atoms with Crippen LogP contribution in [-0.2, 0) is 4.79 Å². The normalized spacial score (nSPS) is 11.2. The highest BCUT2D eigenvalue weighted by Crippen LogP contribution is 2.41. The quantitative estimate of drug-likeness (QED) is 0.0662. The number of carboxylic acids is 1. The number of ether oxygens (including phenoxy) is 2. The molecule has 0 bridgehead atoms. The Hall–Kier alpha value is -4.68. The zero-order valence-corrected chi connectivity index (χ0v) is 26.8. The number of carbonyl (C=O) groups is 1. The molecule has 8 nitrogen and oxygen atoms in total. The number of rotatable bonds is 18. The standard InChI is InChI=1S/C36H40N4O4S/c1-3-5-7-9-21-43-31-15-11-29(12-16-31)40(30-13-17-32(18-14-30)44-22-10-8-6-4-2)34-20-19-33(45-34)35-38-25-27(26-39-35)23-28(24-37)36(41)42/h11-20,23,25-26H,3-10,21-22H2,1-2H3,(H,41,42)/b28-23-. The van der Waals surface area contributed by atoms with Crippen LogP contribution in [0.3, 0.4) is 0 Å². The van der Waals surface area contributed by atoms with Crippen LogP contribution in [0.1, 0.15) is 70.8 Å². The Morgan fingerprint density at radius 3 is 1.82 bits per heavy atom. The zero-order chi connectivity index (χ0) is 31.9. The van der Waals surface area contributed by atoms with Gasteiger partial charge in [-0.15, -0.1) is 11.3 Å². The summed E-state index contributed by atoms with van der Waals surface area (Å²) in [7, 11) is 0. The number of thiophene rings is 1. The number of nitrogens with zero attached hydrogens (tertiary/aromatic N) is 4. The van der Waals surface area contributed by atoms with E-state index >= 15 is 0 Å². The first-order chi connectivity index (χ1) is 22.0. The Bertz CT molecular complexity index is 1500. The van der Waals surface area contributed by atoms with Gasteiger partial charge < -0.3 is 19.5 Å². The van der Waals surface area contributed by atoms with Gasteiger partial charge in [0.25, 0.3) is 0 Å². The second kappa shape index (κ2) is 17.6. The van der Waals surface area contributed by atoms with E-state index in [-0.39, 0.29) is 5.57 Å². The molecule has 0 aliphatic carbocycles. The lowest BCUT2D eigenvalue weighted by molar-refractivity contribution is -0.132. The highest BCUT2D eigenvalue weighted by molar-refractivity contribution is 7.19. The minimum Gasteiger partial charge on any atom is -0.494 e. The van der Waals surface area contributed by atoms with Crippen molar-refractivity contribution in [3.8, 4) is 28.3 Å². The number of hydrogen-bond acceptors (Lipinski definition) is 8. The summed E-state index contributed by atoms with van der Waals surface area (Å²) < 4.78 is 12.0. The zero-order valence-electron chi connectivity index (χ0n) is 25.9. The van der Waals surface area contributed by atoms with Gasteiger partial charge in [-0.2, -0.15) is 5.26 Å². The van der Waals surface area contributed by atoms with Crippen molar-refractivity contribution in [2.75, 3.05) is 18.1 Å². The summed E-state index contributed by atoms with van der Waals surface area (Å²) in [6.45, 7) is 5.82. The average molecular weight is 625 g/mol. The molecule has 0 unspecified atom stereocenters. The molecular formula is C36H40N4O4S. The molecule has 2 aromatic carbocycles. The molecule has 0 aliphatic heterocycles. The van der Waals surface area contributed by atoms with Crippen LogP contribution in [0.15, 0.2) is 78.6 Å². The predicted molar refractivity (Wildman–Crippen MR) is 181 cm³/mol. The summed E-state index contributed by atoms with van der Waals surface area (Å²) in [5.41, 5.74) is 2.03. The highest BCUT2D eigenvalue weighted by Gasteiger charge is 2.17. The van der Waals surface area contributed by atoms with Crippen molar-refractivity contribution in [2.24, 2.45) is 0 Å². The van der Waals surface area contributed by atoms with Crippen molar-refractivity contribution in [3.05, 3.63) is 84.2 Å². The summed E-state index contributed by atoms with van der Waals surface area (Å²) in [6, 6.07) is 21.9. The van der Waals surface area contributed by atoms with Crippen molar-refractivity contribution >= 4 is 39.8 Å². The van der Waals surface area contributed by atoms with Crippen LogP contribution in [0.2, 0.25) is 0 Å². The van der Waals surface area contributed by atoms with Crippen molar-refractivity contribution in [2.45, 2.75) is 65.2 Å². The number of aromatic nitrogens is 2. The molecule has 2 aromatic heterocycles.